The molecule has 0 saturated carbocycles. The minimum absolute atomic E-state index is 0.256. The van der Waals surface area contributed by atoms with Gasteiger partial charge in [0.25, 0.3) is 0 Å². The highest BCUT2D eigenvalue weighted by molar-refractivity contribution is 5.78. The summed E-state index contributed by atoms with van der Waals surface area (Å²) in [5, 5.41) is 0. The Kier molecular flexibility index (Phi) is 4.83. The van der Waals surface area contributed by atoms with Crippen LogP contribution in [0.25, 0.3) is 0 Å². The van der Waals surface area contributed by atoms with Crippen LogP contribution in [0.15, 0.2) is 4.99 Å². The van der Waals surface area contributed by atoms with Gasteiger partial charge in [-0.2, -0.15) is 0 Å². The molecule has 18 heavy (non-hydrogen) atoms. The van der Waals surface area contributed by atoms with Gasteiger partial charge in [-0.3, -0.25) is 9.89 Å². The molecule has 2 aliphatic rings. The molecule has 2 saturated heterocycles. The van der Waals surface area contributed by atoms with Crippen molar-refractivity contribution in [2.45, 2.75) is 38.8 Å². The number of hydrogen-bond donors (Lipinski definition) is 1. The molecule has 2 rings (SSSR count). The molecule has 2 unspecified atom stereocenters. The van der Waals surface area contributed by atoms with Crippen molar-refractivity contribution in [3.63, 3.8) is 0 Å². The van der Waals surface area contributed by atoms with Crippen molar-refractivity contribution in [1.29, 1.82) is 0 Å². The molecule has 2 atom stereocenters. The zero-order valence-corrected chi connectivity index (χ0v) is 11.6. The summed E-state index contributed by atoms with van der Waals surface area (Å²) < 4.78 is 5.51. The first-order valence-electron chi connectivity index (χ1n) is 7.11. The number of likely N-dealkylation sites (tertiary alicyclic amines) is 1. The molecule has 0 aromatic rings. The highest BCUT2D eigenvalue weighted by Crippen LogP contribution is 2.16. The molecular weight excluding hydrogens is 228 g/mol. The van der Waals surface area contributed by atoms with Crippen LogP contribution in [0.5, 0.6) is 0 Å². The van der Waals surface area contributed by atoms with Gasteiger partial charge in [0.05, 0.1) is 19.3 Å². The first-order valence-corrected chi connectivity index (χ1v) is 7.11. The van der Waals surface area contributed by atoms with E-state index in [0.29, 0.717) is 12.0 Å². The average molecular weight is 254 g/mol. The number of morpholine rings is 1. The van der Waals surface area contributed by atoms with E-state index in [1.54, 1.807) is 0 Å². The van der Waals surface area contributed by atoms with Gasteiger partial charge >= 0.3 is 0 Å². The van der Waals surface area contributed by atoms with Gasteiger partial charge in [-0.25, -0.2) is 0 Å². The zero-order valence-electron chi connectivity index (χ0n) is 11.6. The van der Waals surface area contributed by atoms with E-state index in [2.05, 4.69) is 28.6 Å². The van der Waals surface area contributed by atoms with E-state index in [0.717, 1.165) is 32.8 Å². The first kappa shape index (κ1) is 13.6. The van der Waals surface area contributed by atoms with Crippen molar-refractivity contribution in [3.05, 3.63) is 0 Å². The Morgan fingerprint density at radius 1 is 1.44 bits per heavy atom. The quantitative estimate of drug-likeness (QED) is 0.589. The van der Waals surface area contributed by atoms with Crippen LogP contribution in [0, 0.1) is 0 Å². The van der Waals surface area contributed by atoms with Gasteiger partial charge in [0.2, 0.25) is 0 Å². The Labute approximate surface area is 110 Å². The monoisotopic (exact) mass is 254 g/mol. The number of nitrogens with zero attached hydrogens (tertiary/aromatic N) is 3. The van der Waals surface area contributed by atoms with E-state index in [9.17, 15) is 0 Å². The largest absolute Gasteiger partial charge is 0.375 e. The number of rotatable bonds is 3. The van der Waals surface area contributed by atoms with Crippen molar-refractivity contribution in [2.75, 3.05) is 39.3 Å². The second-order valence-corrected chi connectivity index (χ2v) is 5.25. The third-order valence-corrected chi connectivity index (χ3v) is 3.93. The Bertz CT molecular complexity index is 295. The third-order valence-electron chi connectivity index (χ3n) is 3.93. The van der Waals surface area contributed by atoms with Gasteiger partial charge in [0.15, 0.2) is 5.96 Å². The first-order chi connectivity index (χ1) is 8.70. The molecule has 5 heteroatoms. The van der Waals surface area contributed by atoms with Crippen molar-refractivity contribution >= 4 is 5.96 Å². The third kappa shape index (κ3) is 3.36. The van der Waals surface area contributed by atoms with Crippen LogP contribution < -0.4 is 5.73 Å². The predicted molar refractivity (Wildman–Crippen MR) is 73.7 cm³/mol. The molecule has 2 fully saturated rings. The topological polar surface area (TPSA) is 54.1 Å². The zero-order chi connectivity index (χ0) is 13.0. The van der Waals surface area contributed by atoms with Crippen LogP contribution in [0.4, 0.5) is 0 Å². The molecular formula is C13H26N4O. The molecule has 5 nitrogen and oxygen atoms in total. The normalized spacial score (nSPS) is 31.0. The van der Waals surface area contributed by atoms with Crippen LogP contribution in [-0.4, -0.2) is 67.2 Å². The summed E-state index contributed by atoms with van der Waals surface area (Å²) in [6.07, 6.45) is 2.80. The lowest BCUT2D eigenvalue weighted by molar-refractivity contribution is 0.00526. The predicted octanol–water partition coefficient (Wildman–Crippen LogP) is 0.506. The number of nitrogens with two attached hydrogens (primary N) is 1. The van der Waals surface area contributed by atoms with E-state index in [1.165, 1.54) is 19.4 Å². The lowest BCUT2D eigenvalue weighted by Crippen LogP contribution is -2.48. The second-order valence-electron chi connectivity index (χ2n) is 5.25. The Hall–Kier alpha value is -0.810. The smallest absolute Gasteiger partial charge is 0.191 e. The lowest BCUT2D eigenvalue weighted by atomic mass is 10.2. The van der Waals surface area contributed by atoms with Gasteiger partial charge in [-0.1, -0.05) is 6.92 Å². The fraction of sp³-hybridized carbons (Fsp3) is 0.923. The molecule has 0 aromatic carbocycles. The highest BCUT2D eigenvalue weighted by Gasteiger charge is 2.23. The molecule has 2 N–H and O–H groups in total. The van der Waals surface area contributed by atoms with Crippen LogP contribution in [0.2, 0.25) is 0 Å². The number of hydrogen-bond acceptors (Lipinski definition) is 3. The summed E-state index contributed by atoms with van der Waals surface area (Å²) in [6.45, 7) is 9.94. The van der Waals surface area contributed by atoms with Gasteiger partial charge in [0, 0.05) is 19.1 Å². The van der Waals surface area contributed by atoms with Gasteiger partial charge in [-0.05, 0) is 32.9 Å². The molecule has 0 bridgehead atoms. The maximum Gasteiger partial charge on any atom is 0.191 e. The number of aliphatic imine (C=N–C) groups is 1. The van der Waals surface area contributed by atoms with Crippen LogP contribution in [-0.2, 0) is 4.74 Å². The van der Waals surface area contributed by atoms with Crippen LogP contribution in [0.3, 0.4) is 0 Å². The number of likely N-dealkylation sites (N-methyl/N-ethyl adjacent to an activating group) is 1. The molecule has 0 radical (unpaired) electrons. The maximum absolute atomic E-state index is 6.08. The van der Waals surface area contributed by atoms with Crippen LogP contribution in [0.1, 0.15) is 26.7 Å². The fourth-order valence-electron chi connectivity index (χ4n) is 2.84. The van der Waals surface area contributed by atoms with E-state index in [4.69, 9.17) is 10.5 Å². The molecule has 0 spiro atoms. The summed E-state index contributed by atoms with van der Waals surface area (Å²) in [4.78, 5) is 9.22. The molecule has 0 aliphatic carbocycles. The Balaban J connectivity index is 1.84. The fourth-order valence-corrected chi connectivity index (χ4v) is 2.84. The minimum atomic E-state index is 0.256. The summed E-state index contributed by atoms with van der Waals surface area (Å²) >= 11 is 0. The molecule has 0 aromatic heterocycles. The van der Waals surface area contributed by atoms with E-state index >= 15 is 0 Å². The van der Waals surface area contributed by atoms with Crippen molar-refractivity contribution in [1.82, 2.24) is 9.80 Å². The second kappa shape index (κ2) is 6.38. The van der Waals surface area contributed by atoms with Crippen molar-refractivity contribution in [3.8, 4) is 0 Å². The lowest BCUT2D eigenvalue weighted by Gasteiger charge is -2.32. The molecule has 0 amide bonds. The van der Waals surface area contributed by atoms with Gasteiger partial charge in [0.1, 0.15) is 0 Å². The van der Waals surface area contributed by atoms with Gasteiger partial charge in [-0.15, -0.1) is 0 Å². The van der Waals surface area contributed by atoms with Gasteiger partial charge < -0.3 is 15.4 Å². The van der Waals surface area contributed by atoms with E-state index in [-0.39, 0.29) is 6.10 Å². The van der Waals surface area contributed by atoms with Crippen LogP contribution >= 0.6 is 0 Å². The van der Waals surface area contributed by atoms with Crippen molar-refractivity contribution in [2.24, 2.45) is 10.7 Å². The molecule has 2 aliphatic heterocycles. The SMILES string of the molecule is CCN1CCCC1CN=C(N)N1CCOC(C)C1. The van der Waals surface area contributed by atoms with Crippen molar-refractivity contribution < 1.29 is 4.74 Å². The average Bonchev–Trinajstić information content (AvgIpc) is 2.83. The van der Waals surface area contributed by atoms with E-state index in [1.807, 2.05) is 0 Å². The minimum Gasteiger partial charge on any atom is -0.375 e. The number of guanidine groups is 1. The maximum atomic E-state index is 6.08. The standard InChI is InChI=1S/C13H26N4O/c1-3-16-6-4-5-12(16)9-15-13(14)17-7-8-18-11(2)10-17/h11-12H,3-10H2,1-2H3,(H2,14,15). The highest BCUT2D eigenvalue weighted by atomic mass is 16.5. The van der Waals surface area contributed by atoms with E-state index < -0.39 is 0 Å². The molecule has 2 heterocycles. The summed E-state index contributed by atoms with van der Waals surface area (Å²) in [5.74, 6) is 0.688. The molecule has 104 valence electrons. The Morgan fingerprint density at radius 3 is 3.00 bits per heavy atom. The summed E-state index contributed by atoms with van der Waals surface area (Å²) in [5.41, 5.74) is 6.08. The Morgan fingerprint density at radius 2 is 2.28 bits per heavy atom. The summed E-state index contributed by atoms with van der Waals surface area (Å²) in [7, 11) is 0. The summed E-state index contributed by atoms with van der Waals surface area (Å²) in [6, 6.07) is 0.590. The number of ether oxygens (including phenoxy) is 1.